The molecule has 0 aromatic heterocycles. The monoisotopic (exact) mass is 529 g/mol. The van der Waals surface area contributed by atoms with Crippen LogP contribution in [-0.2, 0) is 15.3 Å². The van der Waals surface area contributed by atoms with Gasteiger partial charge in [0.15, 0.2) is 0 Å². The molecule has 0 fully saturated rings. The average molecular weight is 531 g/mol. The van der Waals surface area contributed by atoms with Crippen LogP contribution in [0.15, 0.2) is 143 Å². The first-order valence-electron chi connectivity index (χ1n) is 10.6. The van der Waals surface area contributed by atoms with Gasteiger partial charge in [0.25, 0.3) is 0 Å². The molecule has 0 heterocycles. The Labute approximate surface area is 216 Å². The summed E-state index contributed by atoms with van der Waals surface area (Å²) in [7, 11) is 0. The third-order valence-electron chi connectivity index (χ3n) is 6.82. The van der Waals surface area contributed by atoms with Gasteiger partial charge in [0.1, 0.15) is 0 Å². The molecule has 0 aliphatic heterocycles. The molecular formula is C29H28Cl3Ti. The van der Waals surface area contributed by atoms with Gasteiger partial charge in [0.2, 0.25) is 0 Å². The average Bonchev–Trinajstić information content (AvgIpc) is 3.39. The molecule has 4 aromatic carbocycles. The van der Waals surface area contributed by atoms with Crippen LogP contribution >= 0.6 is 37.2 Å². The number of allylic oxidation sites excluding steroid dienone is 4. The Morgan fingerprint density at radius 2 is 0.727 bits per heavy atom. The molecule has 4 aromatic rings. The normalized spacial score (nSPS) is 13.3. The summed E-state index contributed by atoms with van der Waals surface area (Å²) in [6.07, 6.45) is 7.95. The molecule has 1 aliphatic carbocycles. The Bertz CT molecular complexity index is 1040. The molecule has 0 atom stereocenters. The molecule has 169 valence electrons. The minimum atomic E-state index is -4.16. The van der Waals surface area contributed by atoms with E-state index in [2.05, 4.69) is 140 Å². The van der Waals surface area contributed by atoms with E-state index in [9.17, 15) is 0 Å². The van der Waals surface area contributed by atoms with Crippen molar-refractivity contribution in [1.82, 2.24) is 0 Å². The van der Waals surface area contributed by atoms with Gasteiger partial charge < -0.3 is 0 Å². The number of halogens is 3. The minimum absolute atomic E-state index is 0. The first-order valence-corrected chi connectivity index (χ1v) is 14.5. The van der Waals surface area contributed by atoms with Crippen LogP contribution in [0.1, 0.15) is 6.42 Å². The second kappa shape index (κ2) is 11.4. The zero-order valence-corrected chi connectivity index (χ0v) is 22.2. The zero-order chi connectivity index (χ0) is 20.3. The van der Waals surface area contributed by atoms with Crippen molar-refractivity contribution >= 4 is 52.7 Å². The molecule has 4 heteroatoms. The van der Waals surface area contributed by atoms with E-state index in [0.717, 1.165) is 6.42 Å². The van der Waals surface area contributed by atoms with E-state index < -0.39 is 15.3 Å². The van der Waals surface area contributed by atoms with E-state index in [1.54, 1.807) is 3.88 Å². The van der Waals surface area contributed by atoms with Crippen molar-refractivity contribution < 1.29 is 15.3 Å². The molecule has 0 saturated carbocycles. The van der Waals surface area contributed by atoms with Gasteiger partial charge >= 0.3 is 181 Å². The van der Waals surface area contributed by atoms with E-state index in [1.807, 2.05) is 0 Å². The van der Waals surface area contributed by atoms with Gasteiger partial charge in [-0.2, -0.15) is 0 Å². The molecule has 5 rings (SSSR count). The van der Waals surface area contributed by atoms with Crippen LogP contribution in [0.3, 0.4) is 0 Å². The van der Waals surface area contributed by atoms with Gasteiger partial charge in [0.05, 0.1) is 0 Å². The van der Waals surface area contributed by atoms with E-state index in [1.165, 1.54) is 15.5 Å². The second-order valence-electron chi connectivity index (χ2n) is 8.04. The van der Waals surface area contributed by atoms with E-state index in [-0.39, 0.29) is 37.2 Å². The summed E-state index contributed by atoms with van der Waals surface area (Å²) in [4.78, 5) is 0. The Morgan fingerprint density at radius 3 is 0.970 bits per heavy atom. The number of hydrogen-bond donors (Lipinski definition) is 0. The summed E-state index contributed by atoms with van der Waals surface area (Å²) in [5.74, 6) is 0. The molecule has 0 bridgehead atoms. The molecule has 0 amide bonds. The van der Waals surface area contributed by atoms with Gasteiger partial charge in [-0.15, -0.1) is 37.2 Å². The number of rotatable bonds is 5. The first-order chi connectivity index (χ1) is 14.9. The third-order valence-corrected chi connectivity index (χ3v) is 18.7. The van der Waals surface area contributed by atoms with Crippen molar-refractivity contribution in [3.05, 3.63) is 143 Å². The zero-order valence-electron chi connectivity index (χ0n) is 18.2. The minimum Gasteiger partial charge on any atom is -0.147 e. The smallest absolute Gasteiger partial charge is 0.147 e. The molecule has 0 spiro atoms. The molecule has 0 N–H and O–H groups in total. The van der Waals surface area contributed by atoms with Gasteiger partial charge in [-0.3, -0.25) is 0 Å². The maximum atomic E-state index is 2.40. The van der Waals surface area contributed by atoms with Crippen LogP contribution in [0.5, 0.6) is 0 Å². The Morgan fingerprint density at radius 1 is 0.424 bits per heavy atom. The molecule has 0 radical (unpaired) electrons. The molecule has 0 nitrogen and oxygen atoms in total. The van der Waals surface area contributed by atoms with E-state index in [0.29, 0.717) is 0 Å². The third kappa shape index (κ3) is 3.95. The summed E-state index contributed by atoms with van der Waals surface area (Å²) in [5, 5.41) is 0. The van der Waals surface area contributed by atoms with Gasteiger partial charge in [-0.1, -0.05) is 0 Å². The van der Waals surface area contributed by atoms with Crippen molar-refractivity contribution in [3.63, 3.8) is 0 Å². The molecule has 0 unspecified atom stereocenters. The van der Waals surface area contributed by atoms with Crippen LogP contribution in [0, 0.1) is 0 Å². The maximum Gasteiger partial charge on any atom is -0.147 e. The number of hydrogen-bond acceptors (Lipinski definition) is 0. The predicted octanol–water partition coefficient (Wildman–Crippen LogP) is 6.09. The van der Waals surface area contributed by atoms with Crippen LogP contribution in [0.25, 0.3) is 0 Å². The first kappa shape index (κ1) is 27.2. The summed E-state index contributed by atoms with van der Waals surface area (Å²) < 4.78 is 7.36. The Hall–Kier alpha value is -2.06. The van der Waals surface area contributed by atoms with Gasteiger partial charge in [0, 0.05) is 0 Å². The Kier molecular flexibility index (Phi) is 9.38. The van der Waals surface area contributed by atoms with Gasteiger partial charge in [-0.05, 0) is 0 Å². The topological polar surface area (TPSA) is 0 Å². The number of benzene rings is 4. The fourth-order valence-corrected chi connectivity index (χ4v) is 17.9. The van der Waals surface area contributed by atoms with Crippen molar-refractivity contribution in [2.75, 3.05) is 0 Å². The van der Waals surface area contributed by atoms with E-state index in [4.69, 9.17) is 0 Å². The van der Waals surface area contributed by atoms with Gasteiger partial charge in [-0.25, -0.2) is 0 Å². The van der Waals surface area contributed by atoms with Crippen LogP contribution in [-0.4, -0.2) is 0 Å². The largest absolute Gasteiger partial charge is 0.147 e. The standard InChI is InChI=1S/4C6H5.C5H5.3ClH.Ti/c4*1-2-4-6-5-3-1;1-2-4-5-3-1;;;;/h4*1-5H;1-3H,4H2;3*1H;. The van der Waals surface area contributed by atoms with Crippen molar-refractivity contribution in [2.24, 2.45) is 0 Å². The fourth-order valence-electron chi connectivity index (χ4n) is 5.65. The molecule has 0 saturated heterocycles. The summed E-state index contributed by atoms with van der Waals surface area (Å²) in [6.45, 7) is 0. The molecule has 33 heavy (non-hydrogen) atoms. The summed E-state index contributed by atoms with van der Waals surface area (Å²) in [6, 6.07) is 45.1. The SMILES string of the molecule is C1=CC[C]([Ti]([c]2ccccc2)([c]2ccccc2)([c]2ccccc2)[c]2ccccc2)=C1.Cl.Cl.Cl. The van der Waals surface area contributed by atoms with Crippen LogP contribution in [0.2, 0.25) is 0 Å². The van der Waals surface area contributed by atoms with Crippen molar-refractivity contribution in [2.45, 2.75) is 6.42 Å². The van der Waals surface area contributed by atoms with Crippen molar-refractivity contribution in [3.8, 4) is 0 Å². The summed E-state index contributed by atoms with van der Waals surface area (Å²) >= 11 is -4.16. The van der Waals surface area contributed by atoms with Crippen molar-refractivity contribution in [1.29, 1.82) is 0 Å². The quantitative estimate of drug-likeness (QED) is 0.274. The van der Waals surface area contributed by atoms with E-state index >= 15 is 0 Å². The van der Waals surface area contributed by atoms with Crippen LogP contribution in [0.4, 0.5) is 0 Å². The van der Waals surface area contributed by atoms with Crippen LogP contribution < -0.4 is 15.5 Å². The summed E-state index contributed by atoms with van der Waals surface area (Å²) in [5.41, 5.74) is 0. The molecule has 1 aliphatic rings. The second-order valence-corrected chi connectivity index (χ2v) is 16.6. The fraction of sp³-hybridized carbons (Fsp3) is 0.0345. The predicted molar refractivity (Wildman–Crippen MR) is 148 cm³/mol. The maximum absolute atomic E-state index is 4.16. The Balaban J connectivity index is 0.00000128. The molecular weight excluding hydrogens is 503 g/mol.